The minimum atomic E-state index is -0.964. The normalized spacial score (nSPS) is 18.3. The Morgan fingerprint density at radius 2 is 1.88 bits per heavy atom. The minimum Gasteiger partial charge on any atom is -0.382 e. The number of hydrogen-bond donors (Lipinski definition) is 0. The lowest BCUT2D eigenvalue weighted by Gasteiger charge is -2.27. The first-order valence-corrected chi connectivity index (χ1v) is 5.29. The molecule has 0 aromatic rings. The van der Waals surface area contributed by atoms with E-state index in [4.69, 9.17) is 18.9 Å². The highest BCUT2D eigenvalue weighted by Gasteiger charge is 2.29. The fourth-order valence-corrected chi connectivity index (χ4v) is 1.44. The van der Waals surface area contributed by atoms with E-state index in [1.165, 1.54) is 20.3 Å². The van der Waals surface area contributed by atoms with Gasteiger partial charge in [-0.25, -0.2) is 0 Å². The maximum Gasteiger partial charge on any atom is 0.208 e. The van der Waals surface area contributed by atoms with Crippen molar-refractivity contribution >= 4 is 5.78 Å². The Balaban J connectivity index is 2.62. The molecule has 5 nitrogen and oxygen atoms in total. The van der Waals surface area contributed by atoms with Crippen molar-refractivity contribution < 1.29 is 23.7 Å². The van der Waals surface area contributed by atoms with E-state index in [-0.39, 0.29) is 12.4 Å². The van der Waals surface area contributed by atoms with Gasteiger partial charge < -0.3 is 18.9 Å². The largest absolute Gasteiger partial charge is 0.382 e. The average molecular weight is 242 g/mol. The van der Waals surface area contributed by atoms with Gasteiger partial charge in [-0.2, -0.15) is 0 Å². The molecule has 0 amide bonds. The van der Waals surface area contributed by atoms with Gasteiger partial charge in [-0.15, -0.1) is 0 Å². The lowest BCUT2D eigenvalue weighted by atomic mass is 10.0. The molecule has 0 aliphatic heterocycles. The number of methoxy groups -OCH3 is 3. The van der Waals surface area contributed by atoms with E-state index in [2.05, 4.69) is 0 Å². The quantitative estimate of drug-likeness (QED) is 0.486. The van der Waals surface area contributed by atoms with Gasteiger partial charge in [-0.1, -0.05) is 0 Å². The molecule has 5 heteroatoms. The first-order chi connectivity index (χ1) is 8.17. The summed E-state index contributed by atoms with van der Waals surface area (Å²) in [6.45, 7) is 1.16. The summed E-state index contributed by atoms with van der Waals surface area (Å²) in [5.41, 5.74) is 0.521. The molecule has 0 unspecified atom stereocenters. The first kappa shape index (κ1) is 14.1. The molecule has 0 atom stereocenters. The van der Waals surface area contributed by atoms with Crippen molar-refractivity contribution in [3.05, 3.63) is 23.8 Å². The predicted molar refractivity (Wildman–Crippen MR) is 61.7 cm³/mol. The summed E-state index contributed by atoms with van der Waals surface area (Å²) in [5, 5.41) is 0. The number of carbonyl (C=O) groups is 1. The van der Waals surface area contributed by atoms with Crippen molar-refractivity contribution in [1.82, 2.24) is 0 Å². The Kier molecular flexibility index (Phi) is 5.50. The molecule has 0 aromatic carbocycles. The molecule has 0 N–H and O–H groups in total. The lowest BCUT2D eigenvalue weighted by molar-refractivity contribution is -0.137. The summed E-state index contributed by atoms with van der Waals surface area (Å²) in [6, 6.07) is 0. The van der Waals surface area contributed by atoms with E-state index in [9.17, 15) is 4.79 Å². The number of ether oxygens (including phenoxy) is 4. The van der Waals surface area contributed by atoms with Crippen molar-refractivity contribution in [3.63, 3.8) is 0 Å². The Bertz CT molecular complexity index is 315. The summed E-state index contributed by atoms with van der Waals surface area (Å²) in [7, 11) is 4.63. The molecule has 17 heavy (non-hydrogen) atoms. The van der Waals surface area contributed by atoms with Crippen LogP contribution in [-0.4, -0.2) is 52.7 Å². The van der Waals surface area contributed by atoms with Gasteiger partial charge in [0.15, 0.2) is 5.78 Å². The van der Waals surface area contributed by atoms with E-state index in [0.717, 1.165) is 0 Å². The van der Waals surface area contributed by atoms with Crippen LogP contribution in [0.25, 0.3) is 0 Å². The van der Waals surface area contributed by atoms with Crippen molar-refractivity contribution in [3.8, 4) is 0 Å². The molecule has 1 aliphatic carbocycles. The van der Waals surface area contributed by atoms with Crippen LogP contribution in [0.15, 0.2) is 23.8 Å². The maximum absolute atomic E-state index is 11.6. The highest BCUT2D eigenvalue weighted by Crippen LogP contribution is 2.22. The van der Waals surface area contributed by atoms with Gasteiger partial charge in [-0.3, -0.25) is 4.79 Å². The number of allylic oxidation sites excluding steroid dienone is 1. The van der Waals surface area contributed by atoms with E-state index in [1.807, 2.05) is 0 Å². The van der Waals surface area contributed by atoms with Crippen LogP contribution < -0.4 is 0 Å². The van der Waals surface area contributed by atoms with Crippen LogP contribution in [0.1, 0.15) is 0 Å². The molecule has 0 bridgehead atoms. The number of hydrogen-bond acceptors (Lipinski definition) is 5. The van der Waals surface area contributed by atoms with Crippen molar-refractivity contribution in [1.29, 1.82) is 0 Å². The number of carbonyl (C=O) groups excluding carboxylic acids is 1. The van der Waals surface area contributed by atoms with Gasteiger partial charge in [0.25, 0.3) is 0 Å². The van der Waals surface area contributed by atoms with Crippen LogP contribution in [0.2, 0.25) is 0 Å². The summed E-state index contributed by atoms with van der Waals surface area (Å²) >= 11 is 0. The Morgan fingerprint density at radius 3 is 2.47 bits per heavy atom. The minimum absolute atomic E-state index is 0.0906. The monoisotopic (exact) mass is 242 g/mol. The highest BCUT2D eigenvalue weighted by molar-refractivity contribution is 6.05. The second-order valence-corrected chi connectivity index (χ2v) is 3.54. The fourth-order valence-electron chi connectivity index (χ4n) is 1.44. The van der Waals surface area contributed by atoms with Crippen LogP contribution in [-0.2, 0) is 23.7 Å². The maximum atomic E-state index is 11.6. The summed E-state index contributed by atoms with van der Waals surface area (Å²) in [6.07, 6.45) is 4.64. The Labute approximate surface area is 101 Å². The third-order valence-electron chi connectivity index (χ3n) is 2.49. The van der Waals surface area contributed by atoms with E-state index in [0.29, 0.717) is 18.8 Å². The molecule has 0 fully saturated rings. The zero-order valence-electron chi connectivity index (χ0n) is 10.4. The molecule has 1 rings (SSSR count). The highest BCUT2D eigenvalue weighted by atomic mass is 16.7. The topological polar surface area (TPSA) is 54.0 Å². The summed E-state index contributed by atoms with van der Waals surface area (Å²) < 4.78 is 20.6. The van der Waals surface area contributed by atoms with Crippen molar-refractivity contribution in [2.24, 2.45) is 0 Å². The lowest BCUT2D eigenvalue weighted by Crippen LogP contribution is -2.33. The molecule has 0 saturated carbocycles. The van der Waals surface area contributed by atoms with Crippen LogP contribution in [0.3, 0.4) is 0 Å². The van der Waals surface area contributed by atoms with Crippen molar-refractivity contribution in [2.45, 2.75) is 5.79 Å². The zero-order valence-corrected chi connectivity index (χ0v) is 10.4. The van der Waals surface area contributed by atoms with E-state index >= 15 is 0 Å². The van der Waals surface area contributed by atoms with Gasteiger partial charge in [0, 0.05) is 26.9 Å². The Hall–Kier alpha value is -1.01. The predicted octanol–water partition coefficient (Wildman–Crippen LogP) is 0.704. The standard InChI is InChI=1S/C12H18O5/c1-14-6-7-17-9-10-8-12(15-2,16-3)5-4-11(10)13/h4-5,8H,6-7,9H2,1-3H3. The van der Waals surface area contributed by atoms with Gasteiger partial charge in [0.05, 0.1) is 19.8 Å². The fraction of sp³-hybridized carbons (Fsp3) is 0.583. The van der Waals surface area contributed by atoms with Crippen LogP contribution in [0.4, 0.5) is 0 Å². The second-order valence-electron chi connectivity index (χ2n) is 3.54. The van der Waals surface area contributed by atoms with E-state index < -0.39 is 5.79 Å². The first-order valence-electron chi connectivity index (χ1n) is 5.29. The molecule has 0 spiro atoms. The zero-order chi connectivity index (χ0) is 12.7. The molecule has 0 radical (unpaired) electrons. The second kappa shape index (κ2) is 6.66. The van der Waals surface area contributed by atoms with Gasteiger partial charge >= 0.3 is 0 Å². The average Bonchev–Trinajstić information content (AvgIpc) is 2.37. The molecule has 0 saturated heterocycles. The smallest absolute Gasteiger partial charge is 0.208 e. The van der Waals surface area contributed by atoms with E-state index in [1.54, 1.807) is 19.3 Å². The summed E-state index contributed by atoms with van der Waals surface area (Å²) in [4.78, 5) is 11.6. The molecule has 96 valence electrons. The number of ketones is 1. The summed E-state index contributed by atoms with van der Waals surface area (Å²) in [5.74, 6) is -1.06. The van der Waals surface area contributed by atoms with Gasteiger partial charge in [0.1, 0.15) is 0 Å². The third kappa shape index (κ3) is 3.74. The van der Waals surface area contributed by atoms with Crippen LogP contribution in [0.5, 0.6) is 0 Å². The molecule has 1 aliphatic rings. The van der Waals surface area contributed by atoms with Crippen molar-refractivity contribution in [2.75, 3.05) is 41.2 Å². The molecule has 0 heterocycles. The SMILES string of the molecule is COCCOCC1=CC(OC)(OC)C=CC1=O. The van der Waals surface area contributed by atoms with Crippen LogP contribution >= 0.6 is 0 Å². The van der Waals surface area contributed by atoms with Gasteiger partial charge in [-0.05, 0) is 18.2 Å². The van der Waals surface area contributed by atoms with Crippen LogP contribution in [0, 0.1) is 0 Å². The van der Waals surface area contributed by atoms with Gasteiger partial charge in [0.2, 0.25) is 5.79 Å². The molecular formula is C12H18O5. The molecule has 0 aromatic heterocycles. The Morgan fingerprint density at radius 1 is 1.18 bits per heavy atom. The molecular weight excluding hydrogens is 224 g/mol. The third-order valence-corrected chi connectivity index (χ3v) is 2.49. The number of rotatable bonds is 7.